The molecule has 0 aliphatic rings. The molecule has 0 aliphatic carbocycles. The summed E-state index contributed by atoms with van der Waals surface area (Å²) in [6.07, 6.45) is 28.5. The van der Waals surface area contributed by atoms with E-state index >= 15 is 0 Å². The maximum atomic E-state index is 9.22. The van der Waals surface area contributed by atoms with Gasteiger partial charge in [0.25, 0.3) is 0 Å². The number of halogens is 1. The van der Waals surface area contributed by atoms with Crippen LogP contribution in [0.3, 0.4) is 0 Å². The number of unbranched alkanes of at least 4 members (excludes halogenated alkanes) is 13. The zero-order chi connectivity index (χ0) is 25.8. The number of hydrogen-bond acceptors (Lipinski definition) is 4. The largest absolute Gasteiger partial charge is 1.00 e. The lowest BCUT2D eigenvalue weighted by atomic mass is 10.0. The number of nitrogens with zero attached hydrogens (tertiary/aromatic N) is 2. The van der Waals surface area contributed by atoms with Gasteiger partial charge >= 0.3 is 0 Å². The maximum absolute atomic E-state index is 9.22. The summed E-state index contributed by atoms with van der Waals surface area (Å²) in [6, 6.07) is 8.82. The van der Waals surface area contributed by atoms with Gasteiger partial charge in [-0.1, -0.05) is 84.0 Å². The van der Waals surface area contributed by atoms with Crippen molar-refractivity contribution >= 4 is 10.4 Å². The highest BCUT2D eigenvalue weighted by Gasteiger charge is 2.04. The van der Waals surface area contributed by atoms with Crippen LogP contribution in [0.15, 0.2) is 49.1 Å². The molecule has 6 nitrogen and oxygen atoms in total. The number of rotatable bonds is 17. The Labute approximate surface area is 230 Å². The second-order valence-corrected chi connectivity index (χ2v) is 10.4. The zero-order valence-corrected chi connectivity index (χ0v) is 24.9. The van der Waals surface area contributed by atoms with Crippen molar-refractivity contribution in [1.82, 2.24) is 0 Å². The predicted octanol–water partition coefficient (Wildman–Crippen LogP) is 3.04. The van der Waals surface area contributed by atoms with E-state index in [1.54, 1.807) is 0 Å². The van der Waals surface area contributed by atoms with Crippen molar-refractivity contribution in [3.8, 4) is 11.1 Å². The normalized spacial score (nSPS) is 10.9. The van der Waals surface area contributed by atoms with E-state index in [1.807, 2.05) is 0 Å². The third-order valence-corrected chi connectivity index (χ3v) is 6.59. The highest BCUT2D eigenvalue weighted by atomic mass is 79.9. The SMILES string of the molecule is CCCCCCCCCCCCCCCC[n+]1ccc(-c2cc[n+](C)cc2)cc1.COS(=O)(=O)[O-].[Br-]. The van der Waals surface area contributed by atoms with E-state index in [9.17, 15) is 13.0 Å². The molecule has 36 heavy (non-hydrogen) atoms. The average molecular weight is 588 g/mol. The van der Waals surface area contributed by atoms with E-state index in [2.05, 4.69) is 76.3 Å². The molecule has 0 atom stereocenters. The number of pyridine rings is 2. The molecule has 206 valence electrons. The number of hydrogen-bond donors (Lipinski definition) is 0. The first-order valence-electron chi connectivity index (χ1n) is 13.3. The Morgan fingerprint density at radius 1 is 0.694 bits per heavy atom. The summed E-state index contributed by atoms with van der Waals surface area (Å²) in [5.41, 5.74) is 2.58. The molecule has 0 fully saturated rings. The summed E-state index contributed by atoms with van der Waals surface area (Å²) >= 11 is 0. The number of aromatic nitrogens is 2. The summed E-state index contributed by atoms with van der Waals surface area (Å²) in [6.45, 7) is 3.43. The fourth-order valence-electron chi connectivity index (χ4n) is 3.98. The van der Waals surface area contributed by atoms with Gasteiger partial charge in [0.1, 0.15) is 13.6 Å². The standard InChI is InChI=1S/C27H44N2.CH4O4S.BrH/c1-3-4-5-6-7-8-9-10-11-12-13-14-15-16-21-29-24-19-27(20-25-29)26-17-22-28(2)23-18-26;1-5-6(2,3)4;/h17-20,22-25H,3-16,21H2,1-2H3;1H3,(H,2,3,4);1H/q+2;;/p-2. The first-order chi connectivity index (χ1) is 16.9. The molecular weight excluding hydrogens is 540 g/mol. The molecule has 0 aliphatic heterocycles. The minimum absolute atomic E-state index is 0. The van der Waals surface area contributed by atoms with Gasteiger partial charge in [0, 0.05) is 30.7 Å². The van der Waals surface area contributed by atoms with Crippen LogP contribution in [0, 0.1) is 0 Å². The molecule has 0 radical (unpaired) electrons. The first-order valence-corrected chi connectivity index (χ1v) is 14.6. The quantitative estimate of drug-likeness (QED) is 0.124. The summed E-state index contributed by atoms with van der Waals surface area (Å²) < 4.78 is 35.4. The lowest BCUT2D eigenvalue weighted by Gasteiger charge is -2.03. The highest BCUT2D eigenvalue weighted by molar-refractivity contribution is 7.80. The third-order valence-electron chi connectivity index (χ3n) is 6.18. The van der Waals surface area contributed by atoms with Crippen molar-refractivity contribution < 1.29 is 43.3 Å². The summed E-state index contributed by atoms with van der Waals surface area (Å²) in [7, 11) is -1.55. The Hall–Kier alpha value is -1.35. The Kier molecular flexibility index (Phi) is 20.9. The van der Waals surface area contributed by atoms with E-state index in [4.69, 9.17) is 0 Å². The molecule has 0 unspecified atom stereocenters. The molecule has 0 spiro atoms. The molecule has 2 heterocycles. The van der Waals surface area contributed by atoms with Gasteiger partial charge in [-0.05, 0) is 17.5 Å². The van der Waals surface area contributed by atoms with Crippen LogP contribution in [-0.2, 0) is 28.2 Å². The Morgan fingerprint density at radius 2 is 1.03 bits per heavy atom. The van der Waals surface area contributed by atoms with E-state index < -0.39 is 10.4 Å². The number of aryl methyl sites for hydroxylation is 2. The van der Waals surface area contributed by atoms with E-state index in [1.165, 1.54) is 101 Å². The van der Waals surface area contributed by atoms with Gasteiger partial charge < -0.3 is 21.5 Å². The molecule has 2 aromatic rings. The van der Waals surface area contributed by atoms with Gasteiger partial charge in [-0.15, -0.1) is 0 Å². The monoisotopic (exact) mass is 586 g/mol. The van der Waals surface area contributed by atoms with Crippen molar-refractivity contribution in [3.05, 3.63) is 49.1 Å². The van der Waals surface area contributed by atoms with E-state index in [-0.39, 0.29) is 17.0 Å². The molecule has 2 rings (SSSR count). The van der Waals surface area contributed by atoms with Crippen molar-refractivity contribution in [2.45, 2.75) is 103 Å². The van der Waals surface area contributed by atoms with E-state index in [0.717, 1.165) is 13.7 Å². The smallest absolute Gasteiger partial charge is 0.217 e. The highest BCUT2D eigenvalue weighted by Crippen LogP contribution is 2.16. The van der Waals surface area contributed by atoms with Gasteiger partial charge in [-0.3, -0.25) is 4.18 Å². The fourth-order valence-corrected chi connectivity index (χ4v) is 3.98. The van der Waals surface area contributed by atoms with Gasteiger partial charge in [-0.2, -0.15) is 0 Å². The second-order valence-electron chi connectivity index (χ2n) is 9.25. The molecule has 0 aromatic carbocycles. The topological polar surface area (TPSA) is 74.2 Å². The molecule has 8 heteroatoms. The van der Waals surface area contributed by atoms with Gasteiger partial charge in [0.15, 0.2) is 24.8 Å². The maximum Gasteiger partial charge on any atom is 0.217 e. The van der Waals surface area contributed by atoms with Crippen LogP contribution >= 0.6 is 0 Å². The Balaban J connectivity index is 0.00000156. The van der Waals surface area contributed by atoms with Crippen LogP contribution in [0.25, 0.3) is 11.1 Å². The van der Waals surface area contributed by atoms with Crippen LogP contribution in [0.1, 0.15) is 96.8 Å². The van der Waals surface area contributed by atoms with Gasteiger partial charge in [0.05, 0.1) is 7.11 Å². The van der Waals surface area contributed by atoms with Crippen molar-refractivity contribution in [1.29, 1.82) is 0 Å². The van der Waals surface area contributed by atoms with Gasteiger partial charge in [0.2, 0.25) is 10.4 Å². The minimum atomic E-state index is -4.41. The third kappa shape index (κ3) is 18.9. The van der Waals surface area contributed by atoms with Crippen LogP contribution in [-0.4, -0.2) is 20.1 Å². The van der Waals surface area contributed by atoms with Crippen molar-refractivity contribution in [2.75, 3.05) is 7.11 Å². The van der Waals surface area contributed by atoms with Crippen LogP contribution in [0.5, 0.6) is 0 Å². The minimum Gasteiger partial charge on any atom is -1.00 e. The molecule has 0 N–H and O–H groups in total. The van der Waals surface area contributed by atoms with Crippen LogP contribution < -0.4 is 26.1 Å². The molecule has 0 saturated heterocycles. The molecule has 2 aromatic heterocycles. The summed E-state index contributed by atoms with van der Waals surface area (Å²) in [5.74, 6) is 0. The van der Waals surface area contributed by atoms with Gasteiger partial charge in [-0.25, -0.2) is 17.6 Å². The lowest BCUT2D eigenvalue weighted by molar-refractivity contribution is -0.697. The average Bonchev–Trinajstić information content (AvgIpc) is 2.85. The Bertz CT molecular complexity index is 875. The summed E-state index contributed by atoms with van der Waals surface area (Å²) in [4.78, 5) is 0. The summed E-state index contributed by atoms with van der Waals surface area (Å²) in [5, 5.41) is 0. The molecule has 0 saturated carbocycles. The zero-order valence-electron chi connectivity index (χ0n) is 22.5. The lowest BCUT2D eigenvalue weighted by Crippen LogP contribution is -3.00. The Morgan fingerprint density at radius 3 is 1.39 bits per heavy atom. The van der Waals surface area contributed by atoms with E-state index in [0.29, 0.717) is 0 Å². The van der Waals surface area contributed by atoms with Crippen molar-refractivity contribution in [2.24, 2.45) is 7.05 Å². The second kappa shape index (κ2) is 21.7. The first kappa shape index (κ1) is 34.6. The van der Waals surface area contributed by atoms with Crippen LogP contribution in [0.4, 0.5) is 0 Å². The molecular formula is C28H47BrN2O4S. The molecule has 0 bridgehead atoms. The van der Waals surface area contributed by atoms with Crippen LogP contribution in [0.2, 0.25) is 0 Å². The van der Waals surface area contributed by atoms with Crippen molar-refractivity contribution in [3.63, 3.8) is 0 Å². The molecule has 0 amide bonds. The predicted molar refractivity (Wildman–Crippen MR) is 140 cm³/mol. The fraction of sp³-hybridized carbons (Fsp3) is 0.643.